The van der Waals surface area contributed by atoms with E-state index in [4.69, 9.17) is 5.53 Å². The van der Waals surface area contributed by atoms with Gasteiger partial charge in [-0.2, -0.15) is 11.8 Å². The van der Waals surface area contributed by atoms with Gasteiger partial charge in [0, 0.05) is 11.5 Å². The molecule has 0 aromatic rings. The molecule has 0 heterocycles. The van der Waals surface area contributed by atoms with Gasteiger partial charge in [0.2, 0.25) is 0 Å². The summed E-state index contributed by atoms with van der Waals surface area (Å²) in [6.45, 7) is 0.647. The molecule has 0 aromatic carbocycles. The van der Waals surface area contributed by atoms with Crippen LogP contribution in [0.25, 0.3) is 10.4 Å². The molecule has 1 fully saturated rings. The van der Waals surface area contributed by atoms with Crippen LogP contribution in [-0.4, -0.2) is 18.1 Å². The maximum atomic E-state index is 8.03. The Labute approximate surface area is 77.5 Å². The predicted molar refractivity (Wildman–Crippen MR) is 53.3 cm³/mol. The van der Waals surface area contributed by atoms with E-state index in [1.165, 1.54) is 31.4 Å². The van der Waals surface area contributed by atoms with Crippen molar-refractivity contribution < 1.29 is 0 Å². The molecule has 1 aliphatic rings. The van der Waals surface area contributed by atoms with Crippen LogP contribution in [0.5, 0.6) is 0 Å². The summed E-state index contributed by atoms with van der Waals surface area (Å²) in [5.41, 5.74) is 8.03. The highest BCUT2D eigenvalue weighted by Gasteiger charge is 2.13. The Morgan fingerprint density at radius 1 is 1.42 bits per heavy atom. The average Bonchev–Trinajstić information content (AvgIpc) is 2.57. The first-order valence-electron chi connectivity index (χ1n) is 4.52. The number of rotatable bonds is 5. The number of azide groups is 1. The third-order valence-corrected chi connectivity index (χ3v) is 3.41. The molecule has 0 N–H and O–H groups in total. The van der Waals surface area contributed by atoms with E-state index in [-0.39, 0.29) is 0 Å². The first kappa shape index (κ1) is 9.75. The SMILES string of the molecule is [N-]=[N+]=NCCSCC1CCCC1. The van der Waals surface area contributed by atoms with Gasteiger partial charge in [-0.3, -0.25) is 0 Å². The van der Waals surface area contributed by atoms with Crippen molar-refractivity contribution in [3.05, 3.63) is 10.4 Å². The van der Waals surface area contributed by atoms with Gasteiger partial charge in [0.05, 0.1) is 0 Å². The molecule has 0 unspecified atom stereocenters. The Morgan fingerprint density at radius 3 is 2.83 bits per heavy atom. The molecule has 0 radical (unpaired) electrons. The maximum Gasteiger partial charge on any atom is 0.0348 e. The summed E-state index contributed by atoms with van der Waals surface area (Å²) in [6, 6.07) is 0. The summed E-state index contributed by atoms with van der Waals surface area (Å²) in [5, 5.41) is 3.50. The van der Waals surface area contributed by atoms with Crippen LogP contribution in [0.2, 0.25) is 0 Å². The van der Waals surface area contributed by atoms with Gasteiger partial charge in [-0.1, -0.05) is 18.0 Å². The highest BCUT2D eigenvalue weighted by atomic mass is 32.2. The molecule has 0 amide bonds. The van der Waals surface area contributed by atoms with E-state index in [1.54, 1.807) is 0 Å². The molecule has 0 atom stereocenters. The van der Waals surface area contributed by atoms with Crippen molar-refractivity contribution in [2.45, 2.75) is 25.7 Å². The van der Waals surface area contributed by atoms with Crippen LogP contribution in [0.15, 0.2) is 5.11 Å². The molecule has 0 spiro atoms. The summed E-state index contributed by atoms with van der Waals surface area (Å²) in [7, 11) is 0. The van der Waals surface area contributed by atoms with Crippen LogP contribution in [0.4, 0.5) is 0 Å². The minimum Gasteiger partial charge on any atom is -0.162 e. The molecule has 1 saturated carbocycles. The molecule has 0 bridgehead atoms. The van der Waals surface area contributed by atoms with Gasteiger partial charge in [-0.25, -0.2) is 0 Å². The average molecular weight is 185 g/mol. The molecule has 3 nitrogen and oxygen atoms in total. The van der Waals surface area contributed by atoms with Crippen molar-refractivity contribution in [3.63, 3.8) is 0 Å². The summed E-state index contributed by atoms with van der Waals surface area (Å²) < 4.78 is 0. The van der Waals surface area contributed by atoms with Crippen molar-refractivity contribution in [1.82, 2.24) is 0 Å². The normalized spacial score (nSPS) is 17.7. The molecular formula is C8H15N3S. The van der Waals surface area contributed by atoms with E-state index in [2.05, 4.69) is 10.0 Å². The molecule has 0 saturated heterocycles. The van der Waals surface area contributed by atoms with Gasteiger partial charge in [0.1, 0.15) is 0 Å². The smallest absolute Gasteiger partial charge is 0.0348 e. The fourth-order valence-electron chi connectivity index (χ4n) is 1.58. The summed E-state index contributed by atoms with van der Waals surface area (Å²) in [5.74, 6) is 3.20. The summed E-state index contributed by atoms with van der Waals surface area (Å²) >= 11 is 1.93. The Hall–Kier alpha value is -0.340. The van der Waals surface area contributed by atoms with Crippen molar-refractivity contribution in [3.8, 4) is 0 Å². The van der Waals surface area contributed by atoms with Gasteiger partial charge in [0.25, 0.3) is 0 Å². The Kier molecular flexibility index (Phi) is 5.04. The van der Waals surface area contributed by atoms with Gasteiger partial charge in [0.15, 0.2) is 0 Å². The number of thioether (sulfide) groups is 1. The lowest BCUT2D eigenvalue weighted by atomic mass is 10.1. The molecule has 0 aromatic heterocycles. The van der Waals surface area contributed by atoms with E-state index in [0.29, 0.717) is 6.54 Å². The van der Waals surface area contributed by atoms with Crippen LogP contribution in [0, 0.1) is 5.92 Å². The standard InChI is InChI=1S/C8H15N3S/c9-11-10-5-6-12-7-8-3-1-2-4-8/h8H,1-7H2. The van der Waals surface area contributed by atoms with Crippen LogP contribution in [0.3, 0.4) is 0 Å². The molecule has 1 aliphatic carbocycles. The van der Waals surface area contributed by atoms with Gasteiger partial charge in [-0.15, -0.1) is 0 Å². The second kappa shape index (κ2) is 6.21. The lowest BCUT2D eigenvalue weighted by Gasteiger charge is -2.06. The highest BCUT2D eigenvalue weighted by molar-refractivity contribution is 7.99. The zero-order valence-corrected chi connectivity index (χ0v) is 8.09. The highest BCUT2D eigenvalue weighted by Crippen LogP contribution is 2.27. The molecule has 0 aliphatic heterocycles. The van der Waals surface area contributed by atoms with Crippen molar-refractivity contribution in [2.24, 2.45) is 11.0 Å². The second-order valence-corrected chi connectivity index (χ2v) is 4.33. The molecule has 68 valence electrons. The zero-order valence-electron chi connectivity index (χ0n) is 7.28. The monoisotopic (exact) mass is 185 g/mol. The predicted octanol–water partition coefficient (Wildman–Crippen LogP) is 3.22. The zero-order chi connectivity index (χ0) is 8.65. The van der Waals surface area contributed by atoms with Crippen molar-refractivity contribution >= 4 is 11.8 Å². The Bertz CT molecular complexity index is 160. The topological polar surface area (TPSA) is 48.8 Å². The fraction of sp³-hybridized carbons (Fsp3) is 1.00. The largest absolute Gasteiger partial charge is 0.162 e. The number of hydrogen-bond acceptors (Lipinski definition) is 2. The number of nitrogens with zero attached hydrogens (tertiary/aromatic N) is 3. The Balaban J connectivity index is 1.91. The molecular weight excluding hydrogens is 170 g/mol. The van der Waals surface area contributed by atoms with Gasteiger partial charge in [-0.05, 0) is 35.8 Å². The first-order chi connectivity index (χ1) is 5.93. The van der Waals surface area contributed by atoms with E-state index >= 15 is 0 Å². The van der Waals surface area contributed by atoms with E-state index in [1.807, 2.05) is 11.8 Å². The Morgan fingerprint density at radius 2 is 2.17 bits per heavy atom. The third kappa shape index (κ3) is 3.88. The van der Waals surface area contributed by atoms with E-state index in [0.717, 1.165) is 11.7 Å². The second-order valence-electron chi connectivity index (χ2n) is 3.18. The minimum absolute atomic E-state index is 0.647. The lowest BCUT2D eigenvalue weighted by molar-refractivity contribution is 0.623. The molecule has 12 heavy (non-hydrogen) atoms. The fourth-order valence-corrected chi connectivity index (χ4v) is 2.62. The molecule has 1 rings (SSSR count). The van der Waals surface area contributed by atoms with Crippen LogP contribution in [-0.2, 0) is 0 Å². The molecule has 4 heteroatoms. The third-order valence-electron chi connectivity index (χ3n) is 2.23. The number of hydrogen-bond donors (Lipinski definition) is 0. The van der Waals surface area contributed by atoms with E-state index in [9.17, 15) is 0 Å². The summed E-state index contributed by atoms with van der Waals surface area (Å²) in [4.78, 5) is 2.72. The van der Waals surface area contributed by atoms with Crippen molar-refractivity contribution in [2.75, 3.05) is 18.1 Å². The van der Waals surface area contributed by atoms with Crippen LogP contribution >= 0.6 is 11.8 Å². The quantitative estimate of drug-likeness (QED) is 0.281. The maximum absolute atomic E-state index is 8.03. The summed E-state index contributed by atoms with van der Waals surface area (Å²) in [6.07, 6.45) is 5.66. The van der Waals surface area contributed by atoms with Crippen LogP contribution in [0.1, 0.15) is 25.7 Å². The lowest BCUT2D eigenvalue weighted by Crippen LogP contribution is -1.98. The van der Waals surface area contributed by atoms with Gasteiger partial charge >= 0.3 is 0 Å². The van der Waals surface area contributed by atoms with Crippen molar-refractivity contribution in [1.29, 1.82) is 0 Å². The van der Waals surface area contributed by atoms with Gasteiger partial charge < -0.3 is 0 Å². The van der Waals surface area contributed by atoms with E-state index < -0.39 is 0 Å². The minimum atomic E-state index is 0.647. The first-order valence-corrected chi connectivity index (χ1v) is 5.67. The van der Waals surface area contributed by atoms with Crippen LogP contribution < -0.4 is 0 Å².